The first-order chi connectivity index (χ1) is 12.8. The molecule has 0 fully saturated rings. The molecule has 1 heterocycles. The van der Waals surface area contributed by atoms with Crippen LogP contribution in [0.4, 0.5) is 18.9 Å². The number of amidine groups is 1. The molecule has 0 saturated carbocycles. The second-order valence-corrected chi connectivity index (χ2v) is 7.13. The average molecular weight is 440 g/mol. The Morgan fingerprint density at radius 1 is 1.22 bits per heavy atom. The molecule has 0 unspecified atom stereocenters. The lowest BCUT2D eigenvalue weighted by Crippen LogP contribution is -2.15. The van der Waals surface area contributed by atoms with Gasteiger partial charge in [0, 0.05) is 18.5 Å². The van der Waals surface area contributed by atoms with E-state index in [1.54, 1.807) is 0 Å². The maximum atomic E-state index is 14.2. The molecule has 9 heteroatoms. The van der Waals surface area contributed by atoms with E-state index in [0.717, 1.165) is 6.07 Å². The molecule has 5 nitrogen and oxygen atoms in total. The third-order valence-corrected chi connectivity index (χ3v) is 4.54. The number of nitrogens with zero attached hydrogens (tertiary/aromatic N) is 3. The Morgan fingerprint density at radius 3 is 2.63 bits per heavy atom. The maximum absolute atomic E-state index is 14.2. The summed E-state index contributed by atoms with van der Waals surface area (Å²) < 4.78 is 41.8. The van der Waals surface area contributed by atoms with E-state index in [4.69, 9.17) is 5.73 Å². The third kappa shape index (κ3) is 4.14. The summed E-state index contributed by atoms with van der Waals surface area (Å²) in [6, 6.07) is 5.07. The van der Waals surface area contributed by atoms with Crippen molar-refractivity contribution in [3.05, 3.63) is 57.6 Å². The van der Waals surface area contributed by atoms with Crippen LogP contribution < -0.4 is 5.73 Å². The molecule has 0 spiro atoms. The minimum atomic E-state index is -1.07. The van der Waals surface area contributed by atoms with Gasteiger partial charge in [-0.3, -0.25) is 0 Å². The number of aromatic amines is 1. The van der Waals surface area contributed by atoms with Gasteiger partial charge in [-0.25, -0.2) is 23.1 Å². The maximum Gasteiger partial charge on any atom is 0.186 e. The zero-order chi connectivity index (χ0) is 19.7. The van der Waals surface area contributed by atoms with Crippen molar-refractivity contribution >= 4 is 38.5 Å². The van der Waals surface area contributed by atoms with Crippen LogP contribution in [0.5, 0.6) is 0 Å². The van der Waals surface area contributed by atoms with E-state index in [1.807, 2.05) is 19.0 Å². The topological polar surface area (TPSA) is 70.3 Å². The Balaban J connectivity index is 2.07. The van der Waals surface area contributed by atoms with Crippen LogP contribution in [-0.2, 0) is 6.42 Å². The second-order valence-electron chi connectivity index (χ2n) is 6.28. The second kappa shape index (κ2) is 7.69. The van der Waals surface area contributed by atoms with Crippen LogP contribution >= 0.6 is 15.9 Å². The van der Waals surface area contributed by atoms with Crippen molar-refractivity contribution in [3.8, 4) is 0 Å². The van der Waals surface area contributed by atoms with Crippen molar-refractivity contribution in [2.45, 2.75) is 6.42 Å². The van der Waals surface area contributed by atoms with Gasteiger partial charge in [0.05, 0.1) is 15.7 Å². The Bertz CT molecular complexity index is 1030. The fraction of sp³-hybridized carbons (Fsp3) is 0.222. The molecular weight excluding hydrogens is 423 g/mol. The van der Waals surface area contributed by atoms with Crippen LogP contribution in [0.3, 0.4) is 0 Å². The highest BCUT2D eigenvalue weighted by Gasteiger charge is 2.19. The molecule has 0 aliphatic rings. The molecule has 1 aromatic heterocycles. The van der Waals surface area contributed by atoms with Gasteiger partial charge in [-0.05, 0) is 54.3 Å². The zero-order valence-corrected chi connectivity index (χ0v) is 16.2. The smallest absolute Gasteiger partial charge is 0.186 e. The minimum absolute atomic E-state index is 0.0415. The van der Waals surface area contributed by atoms with Gasteiger partial charge in [0.25, 0.3) is 0 Å². The van der Waals surface area contributed by atoms with Gasteiger partial charge in [-0.2, -0.15) is 0 Å². The van der Waals surface area contributed by atoms with Gasteiger partial charge in [-0.1, -0.05) is 0 Å². The van der Waals surface area contributed by atoms with Crippen LogP contribution in [0, 0.1) is 17.5 Å². The number of nitrogens with two attached hydrogens (primary N) is 1. The molecule has 0 amide bonds. The molecule has 0 aliphatic carbocycles. The SMILES string of the molecule is CN(C)CCc1nc2c(F)c(F)cc(C(N)=Nc3ccc(F)c(Br)c3)c2[nH]1. The molecule has 3 N–H and O–H groups in total. The molecule has 0 aliphatic heterocycles. The molecular formula is C18H17BrF3N5. The first-order valence-electron chi connectivity index (χ1n) is 8.07. The van der Waals surface area contributed by atoms with Crippen LogP contribution in [0.25, 0.3) is 11.0 Å². The monoisotopic (exact) mass is 439 g/mol. The minimum Gasteiger partial charge on any atom is -0.383 e. The number of fused-ring (bicyclic) bond motifs is 1. The average Bonchev–Trinajstić information content (AvgIpc) is 3.04. The molecule has 0 radical (unpaired) electrons. The number of likely N-dealkylation sites (N-methyl/N-ethyl adjacent to an activating group) is 1. The van der Waals surface area contributed by atoms with E-state index in [-0.39, 0.29) is 26.9 Å². The number of benzene rings is 2. The van der Waals surface area contributed by atoms with Crippen LogP contribution in [0.1, 0.15) is 11.4 Å². The number of aliphatic imine (C=N–C) groups is 1. The van der Waals surface area contributed by atoms with Crippen molar-refractivity contribution in [2.75, 3.05) is 20.6 Å². The predicted molar refractivity (Wildman–Crippen MR) is 103 cm³/mol. The van der Waals surface area contributed by atoms with E-state index >= 15 is 0 Å². The Hall–Kier alpha value is -2.39. The lowest BCUT2D eigenvalue weighted by molar-refractivity contribution is 0.410. The van der Waals surface area contributed by atoms with Gasteiger partial charge >= 0.3 is 0 Å². The normalized spacial score (nSPS) is 12.3. The first kappa shape index (κ1) is 19.4. The Labute approximate surface area is 162 Å². The largest absolute Gasteiger partial charge is 0.383 e. The van der Waals surface area contributed by atoms with Crippen molar-refractivity contribution in [3.63, 3.8) is 0 Å². The first-order valence-corrected chi connectivity index (χ1v) is 8.86. The predicted octanol–water partition coefficient (Wildman–Crippen LogP) is 3.88. The molecule has 3 aromatic rings. The number of hydrogen-bond donors (Lipinski definition) is 2. The molecule has 0 atom stereocenters. The summed E-state index contributed by atoms with van der Waals surface area (Å²) in [7, 11) is 3.81. The highest BCUT2D eigenvalue weighted by molar-refractivity contribution is 9.10. The molecule has 0 bridgehead atoms. The number of halogens is 4. The van der Waals surface area contributed by atoms with Crippen molar-refractivity contribution < 1.29 is 13.2 Å². The van der Waals surface area contributed by atoms with Gasteiger partial charge in [0.15, 0.2) is 11.6 Å². The van der Waals surface area contributed by atoms with E-state index in [0.29, 0.717) is 24.5 Å². The van der Waals surface area contributed by atoms with E-state index in [1.165, 1.54) is 18.2 Å². The van der Waals surface area contributed by atoms with Gasteiger partial charge in [0.1, 0.15) is 23.0 Å². The van der Waals surface area contributed by atoms with Gasteiger partial charge in [0.2, 0.25) is 0 Å². The highest BCUT2D eigenvalue weighted by Crippen LogP contribution is 2.26. The lowest BCUT2D eigenvalue weighted by atomic mass is 10.1. The summed E-state index contributed by atoms with van der Waals surface area (Å²) in [6.07, 6.45) is 0.532. The van der Waals surface area contributed by atoms with Crippen molar-refractivity contribution in [1.82, 2.24) is 14.9 Å². The van der Waals surface area contributed by atoms with Gasteiger partial charge < -0.3 is 15.6 Å². The standard InChI is InChI=1S/C18H17BrF3N5/c1-27(2)6-5-14-25-16-10(8-13(21)15(22)17(16)26-14)18(23)24-9-3-4-12(20)11(19)7-9/h3-4,7-8H,5-6H2,1-2H3,(H2,23,24)(H,25,26). The number of rotatable bonds is 5. The van der Waals surface area contributed by atoms with E-state index in [2.05, 4.69) is 30.9 Å². The highest BCUT2D eigenvalue weighted by atomic mass is 79.9. The number of imidazole rings is 1. The number of H-pyrrole nitrogens is 1. The molecule has 3 rings (SSSR count). The Kier molecular flexibility index (Phi) is 5.52. The van der Waals surface area contributed by atoms with Crippen LogP contribution in [0.2, 0.25) is 0 Å². The number of nitrogens with one attached hydrogen (secondary N) is 1. The number of aromatic nitrogens is 2. The van der Waals surface area contributed by atoms with Gasteiger partial charge in [-0.15, -0.1) is 0 Å². The van der Waals surface area contributed by atoms with Crippen molar-refractivity contribution in [1.29, 1.82) is 0 Å². The summed E-state index contributed by atoms with van der Waals surface area (Å²) in [5.41, 5.74) is 6.72. The van der Waals surface area contributed by atoms with E-state index in [9.17, 15) is 13.2 Å². The Morgan fingerprint density at radius 2 is 1.96 bits per heavy atom. The van der Waals surface area contributed by atoms with Crippen LogP contribution in [-0.4, -0.2) is 41.3 Å². The third-order valence-electron chi connectivity index (χ3n) is 3.94. The summed E-state index contributed by atoms with van der Waals surface area (Å²) in [5.74, 6) is -2.08. The quantitative estimate of drug-likeness (QED) is 0.468. The lowest BCUT2D eigenvalue weighted by Gasteiger charge is -2.06. The molecule has 27 heavy (non-hydrogen) atoms. The van der Waals surface area contributed by atoms with E-state index < -0.39 is 17.5 Å². The zero-order valence-electron chi connectivity index (χ0n) is 14.7. The fourth-order valence-corrected chi connectivity index (χ4v) is 2.92. The molecule has 2 aromatic carbocycles. The summed E-state index contributed by atoms with van der Waals surface area (Å²) in [4.78, 5) is 13.3. The summed E-state index contributed by atoms with van der Waals surface area (Å²) in [5, 5.41) is 0. The molecule has 142 valence electrons. The summed E-state index contributed by atoms with van der Waals surface area (Å²) in [6.45, 7) is 0.687. The van der Waals surface area contributed by atoms with Crippen molar-refractivity contribution in [2.24, 2.45) is 10.7 Å². The molecule has 0 saturated heterocycles. The number of hydrogen-bond acceptors (Lipinski definition) is 3. The fourth-order valence-electron chi connectivity index (χ4n) is 2.56. The summed E-state index contributed by atoms with van der Waals surface area (Å²) >= 11 is 3.07. The van der Waals surface area contributed by atoms with Crippen LogP contribution in [0.15, 0.2) is 33.7 Å².